The number of fused-ring (bicyclic) bond motifs is 2. The number of carbonyl (C=O) groups is 2. The van der Waals surface area contributed by atoms with Crippen LogP contribution >= 0.6 is 0 Å². The number of esters is 2. The number of hydrogen-bond donors (Lipinski definition) is 0. The normalized spacial score (nSPS) is 29.5. The van der Waals surface area contributed by atoms with Crippen LogP contribution in [-0.4, -0.2) is 45.0 Å². The Morgan fingerprint density at radius 3 is 2.60 bits per heavy atom. The lowest BCUT2D eigenvalue weighted by molar-refractivity contribution is -0.158. The van der Waals surface area contributed by atoms with E-state index in [-0.39, 0.29) is 0 Å². The molecule has 0 aromatic heterocycles. The maximum Gasteiger partial charge on any atom is 0.312 e. The van der Waals surface area contributed by atoms with Crippen LogP contribution in [0.25, 0.3) is 0 Å². The summed E-state index contributed by atoms with van der Waals surface area (Å²) in [6, 6.07) is 7.75. The number of rotatable bonds is 6. The minimum Gasteiger partial charge on any atom is -0.497 e. The quantitative estimate of drug-likeness (QED) is 0.579. The van der Waals surface area contributed by atoms with E-state index in [1.54, 1.807) is 7.11 Å². The molecular formula is C19H22O6. The van der Waals surface area contributed by atoms with Crippen molar-refractivity contribution in [3.8, 4) is 5.75 Å². The number of benzene rings is 1. The van der Waals surface area contributed by atoms with Crippen LogP contribution in [0.4, 0.5) is 0 Å². The lowest BCUT2D eigenvalue weighted by Crippen LogP contribution is -2.44. The Morgan fingerprint density at radius 2 is 1.92 bits per heavy atom. The number of carbonyl (C=O) groups excluding carboxylic acids is 2. The molecular weight excluding hydrogens is 324 g/mol. The standard InChI is InChI=1S/C19H22O6/c1-22-13-6-4-5-12(11-13)7-9-19-10-8-14(25-19)15(17(20)23-2)16(19)18(21)24-3/h4-6,8,10-11,14-16H,7,9H2,1-3H3/t14-,15+,16-,19+/m1/s1. The van der Waals surface area contributed by atoms with Crippen LogP contribution in [0, 0.1) is 11.8 Å². The third-order valence-electron chi connectivity index (χ3n) is 5.03. The second-order valence-electron chi connectivity index (χ2n) is 6.30. The predicted octanol–water partition coefficient (Wildman–Crippen LogP) is 1.91. The fraction of sp³-hybridized carbons (Fsp3) is 0.474. The summed E-state index contributed by atoms with van der Waals surface area (Å²) in [5, 5.41) is 0. The molecule has 2 aliphatic heterocycles. The van der Waals surface area contributed by atoms with Crippen molar-refractivity contribution < 1.29 is 28.5 Å². The van der Waals surface area contributed by atoms with E-state index in [9.17, 15) is 9.59 Å². The van der Waals surface area contributed by atoms with Crippen molar-refractivity contribution in [3.63, 3.8) is 0 Å². The molecule has 0 amide bonds. The summed E-state index contributed by atoms with van der Waals surface area (Å²) in [4.78, 5) is 24.6. The lowest BCUT2D eigenvalue weighted by Gasteiger charge is -2.30. The Balaban J connectivity index is 1.84. The van der Waals surface area contributed by atoms with Gasteiger partial charge in [0, 0.05) is 0 Å². The van der Waals surface area contributed by atoms with Crippen molar-refractivity contribution >= 4 is 11.9 Å². The van der Waals surface area contributed by atoms with Crippen LogP contribution < -0.4 is 4.74 Å². The van der Waals surface area contributed by atoms with Gasteiger partial charge in [-0.25, -0.2) is 0 Å². The highest BCUT2D eigenvalue weighted by molar-refractivity contribution is 5.85. The Labute approximate surface area is 146 Å². The molecule has 134 valence electrons. The zero-order valence-electron chi connectivity index (χ0n) is 14.6. The van der Waals surface area contributed by atoms with E-state index in [1.165, 1.54) is 14.2 Å². The summed E-state index contributed by atoms with van der Waals surface area (Å²) in [5.41, 5.74) is 0.221. The van der Waals surface area contributed by atoms with Crippen LogP contribution in [0.3, 0.4) is 0 Å². The molecule has 2 bridgehead atoms. The van der Waals surface area contributed by atoms with Crippen molar-refractivity contribution in [2.75, 3.05) is 21.3 Å². The van der Waals surface area contributed by atoms with Crippen LogP contribution in [0.15, 0.2) is 36.4 Å². The Morgan fingerprint density at radius 1 is 1.16 bits per heavy atom. The number of ether oxygens (including phenoxy) is 4. The van der Waals surface area contributed by atoms with Crippen molar-refractivity contribution in [3.05, 3.63) is 42.0 Å². The maximum absolute atomic E-state index is 12.4. The van der Waals surface area contributed by atoms with E-state index in [4.69, 9.17) is 18.9 Å². The average Bonchev–Trinajstić information content (AvgIpc) is 3.22. The zero-order chi connectivity index (χ0) is 18.0. The van der Waals surface area contributed by atoms with Gasteiger partial charge in [0.25, 0.3) is 0 Å². The highest BCUT2D eigenvalue weighted by atomic mass is 16.6. The van der Waals surface area contributed by atoms with Gasteiger partial charge in [0.1, 0.15) is 23.2 Å². The zero-order valence-corrected chi connectivity index (χ0v) is 14.6. The van der Waals surface area contributed by atoms with Gasteiger partial charge in [-0.3, -0.25) is 9.59 Å². The third-order valence-corrected chi connectivity index (χ3v) is 5.03. The van der Waals surface area contributed by atoms with Gasteiger partial charge < -0.3 is 18.9 Å². The fourth-order valence-electron chi connectivity index (χ4n) is 3.80. The van der Waals surface area contributed by atoms with Crippen LogP contribution in [0.1, 0.15) is 12.0 Å². The monoisotopic (exact) mass is 346 g/mol. The van der Waals surface area contributed by atoms with Crippen LogP contribution in [0.2, 0.25) is 0 Å². The molecule has 4 atom stereocenters. The number of hydrogen-bond acceptors (Lipinski definition) is 6. The fourth-order valence-corrected chi connectivity index (χ4v) is 3.80. The molecule has 0 saturated carbocycles. The molecule has 1 saturated heterocycles. The molecule has 0 unspecified atom stereocenters. The SMILES string of the molecule is COC(=O)[C@H]1[C@H]2C=C[C@](CCc3cccc(OC)c3)(O2)[C@H]1C(=O)OC. The molecule has 6 heteroatoms. The first kappa shape index (κ1) is 17.5. The van der Waals surface area contributed by atoms with Crippen LogP contribution in [-0.2, 0) is 30.2 Å². The molecule has 0 spiro atoms. The van der Waals surface area contributed by atoms with Gasteiger partial charge in [0.05, 0.1) is 27.4 Å². The Hall–Kier alpha value is -2.34. The summed E-state index contributed by atoms with van der Waals surface area (Å²) in [5.74, 6) is -1.50. The summed E-state index contributed by atoms with van der Waals surface area (Å²) in [6.45, 7) is 0. The van der Waals surface area contributed by atoms with E-state index >= 15 is 0 Å². The minimum absolute atomic E-state index is 0.451. The molecule has 1 aromatic rings. The first-order valence-corrected chi connectivity index (χ1v) is 8.20. The topological polar surface area (TPSA) is 71.1 Å². The van der Waals surface area contributed by atoms with Gasteiger partial charge in [-0.2, -0.15) is 0 Å². The molecule has 0 radical (unpaired) electrons. The van der Waals surface area contributed by atoms with E-state index in [0.29, 0.717) is 12.8 Å². The first-order chi connectivity index (χ1) is 12.0. The number of methoxy groups -OCH3 is 3. The second kappa shape index (κ2) is 6.88. The van der Waals surface area contributed by atoms with E-state index < -0.39 is 35.5 Å². The number of aryl methyl sites for hydroxylation is 1. The van der Waals surface area contributed by atoms with Crippen molar-refractivity contribution in [2.45, 2.75) is 24.5 Å². The molecule has 0 N–H and O–H groups in total. The summed E-state index contributed by atoms with van der Waals surface area (Å²) < 4.78 is 21.1. The Bertz CT molecular complexity index is 697. The largest absolute Gasteiger partial charge is 0.497 e. The van der Waals surface area contributed by atoms with Crippen LogP contribution in [0.5, 0.6) is 5.75 Å². The van der Waals surface area contributed by atoms with E-state index in [1.807, 2.05) is 36.4 Å². The molecule has 3 rings (SSSR count). The smallest absolute Gasteiger partial charge is 0.312 e. The van der Waals surface area contributed by atoms with Gasteiger partial charge in [0.2, 0.25) is 0 Å². The predicted molar refractivity (Wildman–Crippen MR) is 89.1 cm³/mol. The van der Waals surface area contributed by atoms with Crippen molar-refractivity contribution in [2.24, 2.45) is 11.8 Å². The molecule has 1 aromatic carbocycles. The van der Waals surface area contributed by atoms with Crippen molar-refractivity contribution in [1.82, 2.24) is 0 Å². The summed E-state index contributed by atoms with van der Waals surface area (Å²) >= 11 is 0. The molecule has 2 aliphatic rings. The average molecular weight is 346 g/mol. The summed E-state index contributed by atoms with van der Waals surface area (Å²) in [6.07, 6.45) is 4.50. The molecule has 2 heterocycles. The Kier molecular flexibility index (Phi) is 4.81. The van der Waals surface area contributed by atoms with Gasteiger partial charge in [-0.1, -0.05) is 24.3 Å². The highest BCUT2D eigenvalue weighted by Gasteiger charge is 2.62. The highest BCUT2D eigenvalue weighted by Crippen LogP contribution is 2.50. The third kappa shape index (κ3) is 3.02. The van der Waals surface area contributed by atoms with Gasteiger partial charge in [-0.05, 0) is 30.5 Å². The lowest BCUT2D eigenvalue weighted by atomic mass is 9.73. The summed E-state index contributed by atoms with van der Waals surface area (Å²) in [7, 11) is 4.26. The molecule has 0 aliphatic carbocycles. The van der Waals surface area contributed by atoms with E-state index in [2.05, 4.69) is 0 Å². The molecule has 25 heavy (non-hydrogen) atoms. The molecule has 6 nitrogen and oxygen atoms in total. The molecule has 1 fully saturated rings. The van der Waals surface area contributed by atoms with Gasteiger partial charge in [-0.15, -0.1) is 0 Å². The van der Waals surface area contributed by atoms with Crippen molar-refractivity contribution in [1.29, 1.82) is 0 Å². The minimum atomic E-state index is -0.848. The second-order valence-corrected chi connectivity index (χ2v) is 6.30. The van der Waals surface area contributed by atoms with Gasteiger partial charge in [0.15, 0.2) is 0 Å². The first-order valence-electron chi connectivity index (χ1n) is 8.20. The van der Waals surface area contributed by atoms with E-state index in [0.717, 1.165) is 11.3 Å². The van der Waals surface area contributed by atoms with Gasteiger partial charge >= 0.3 is 11.9 Å². The maximum atomic E-state index is 12.4.